The van der Waals surface area contributed by atoms with Crippen molar-refractivity contribution in [1.29, 1.82) is 0 Å². The Hall–Kier alpha value is -4.33. The summed E-state index contributed by atoms with van der Waals surface area (Å²) in [5.41, 5.74) is 3.51. The number of hydrogen-bond acceptors (Lipinski definition) is 5. The molecule has 2 aliphatic rings. The molecule has 8 heteroatoms. The number of fused-ring (bicyclic) bond motifs is 2. The largest absolute Gasteiger partial charge is 0.322 e. The Morgan fingerprint density at radius 1 is 1.12 bits per heavy atom. The van der Waals surface area contributed by atoms with E-state index in [0.717, 1.165) is 10.9 Å². The first-order valence-corrected chi connectivity index (χ1v) is 10.5. The first kappa shape index (κ1) is 20.6. The van der Waals surface area contributed by atoms with Crippen LogP contribution in [0.4, 0.5) is 5.69 Å². The Labute approximate surface area is 189 Å². The molecular formula is C25H20N4O4. The summed E-state index contributed by atoms with van der Waals surface area (Å²) in [5.74, 6) is -1.40. The van der Waals surface area contributed by atoms with Crippen molar-refractivity contribution in [2.75, 3.05) is 5.32 Å². The van der Waals surface area contributed by atoms with E-state index in [1.807, 2.05) is 24.3 Å². The highest BCUT2D eigenvalue weighted by molar-refractivity contribution is 6.25. The van der Waals surface area contributed by atoms with Gasteiger partial charge < -0.3 is 10.2 Å². The molecule has 1 unspecified atom stereocenters. The van der Waals surface area contributed by atoms with Crippen molar-refractivity contribution >= 4 is 45.8 Å². The molecule has 1 atom stereocenters. The number of hydrogen-bond donors (Lipinski definition) is 2. The van der Waals surface area contributed by atoms with Gasteiger partial charge in [0.1, 0.15) is 6.04 Å². The van der Waals surface area contributed by atoms with Crippen LogP contribution in [0, 0.1) is 0 Å². The number of nitrogens with one attached hydrogen (secondary N) is 2. The second-order valence-corrected chi connectivity index (χ2v) is 8.12. The molecule has 0 saturated carbocycles. The van der Waals surface area contributed by atoms with Gasteiger partial charge in [-0.25, -0.2) is 0 Å². The molecule has 1 fully saturated rings. The summed E-state index contributed by atoms with van der Waals surface area (Å²) in [6.45, 7) is 4.17. The van der Waals surface area contributed by atoms with E-state index in [0.29, 0.717) is 28.8 Å². The van der Waals surface area contributed by atoms with Crippen molar-refractivity contribution in [2.45, 2.75) is 25.4 Å². The van der Waals surface area contributed by atoms with Crippen LogP contribution in [-0.2, 0) is 20.9 Å². The van der Waals surface area contributed by atoms with Crippen molar-refractivity contribution in [3.05, 3.63) is 78.0 Å². The predicted molar refractivity (Wildman–Crippen MR) is 122 cm³/mol. The SMILES string of the molecule is C=C(C(=O)Nc1ccc2ncccc2c1)c1ccc2c(c1)CN(C1CCC(=O)NC1=O)C2=O. The fraction of sp³-hybridized carbons (Fsp3) is 0.160. The molecule has 0 spiro atoms. The molecule has 2 aliphatic heterocycles. The van der Waals surface area contributed by atoms with E-state index in [2.05, 4.69) is 22.2 Å². The first-order chi connectivity index (χ1) is 15.9. The van der Waals surface area contributed by atoms with Crippen molar-refractivity contribution in [3.63, 3.8) is 0 Å². The Balaban J connectivity index is 1.32. The zero-order valence-electron chi connectivity index (χ0n) is 17.6. The molecule has 3 aromatic rings. The van der Waals surface area contributed by atoms with E-state index >= 15 is 0 Å². The van der Waals surface area contributed by atoms with Gasteiger partial charge in [-0.05, 0) is 53.9 Å². The molecule has 0 aliphatic carbocycles. The average molecular weight is 440 g/mol. The summed E-state index contributed by atoms with van der Waals surface area (Å²) in [7, 11) is 0. The average Bonchev–Trinajstić information content (AvgIpc) is 3.14. The normalized spacial score (nSPS) is 17.6. The van der Waals surface area contributed by atoms with Crippen LogP contribution in [0.3, 0.4) is 0 Å². The third-order valence-electron chi connectivity index (χ3n) is 6.01. The van der Waals surface area contributed by atoms with Gasteiger partial charge in [0, 0.05) is 41.4 Å². The maximum absolute atomic E-state index is 12.8. The van der Waals surface area contributed by atoms with E-state index in [4.69, 9.17) is 0 Å². The number of nitrogens with zero attached hydrogens (tertiary/aromatic N) is 2. The standard InChI is InChI=1S/C25H20N4O4/c1-14(23(31)27-18-5-7-20-16(12-18)3-2-10-26-20)15-4-6-19-17(11-15)13-29(25(19)33)21-8-9-22(30)28-24(21)32/h2-7,10-12,21H,1,8-9,13H2,(H,27,31)(H,28,30,32). The smallest absolute Gasteiger partial charge is 0.255 e. The highest BCUT2D eigenvalue weighted by atomic mass is 16.2. The number of piperidine rings is 1. The van der Waals surface area contributed by atoms with E-state index in [1.165, 1.54) is 4.90 Å². The summed E-state index contributed by atoms with van der Waals surface area (Å²) in [4.78, 5) is 55.0. The van der Waals surface area contributed by atoms with Gasteiger partial charge >= 0.3 is 0 Å². The van der Waals surface area contributed by atoms with E-state index in [-0.39, 0.29) is 36.3 Å². The molecule has 0 radical (unpaired) electrons. The Bertz CT molecular complexity index is 1360. The third-order valence-corrected chi connectivity index (χ3v) is 6.01. The molecule has 0 bridgehead atoms. The van der Waals surface area contributed by atoms with Gasteiger partial charge in [0.05, 0.1) is 5.52 Å². The molecule has 3 heterocycles. The minimum absolute atomic E-state index is 0.198. The summed E-state index contributed by atoms with van der Waals surface area (Å²) in [6, 6.07) is 13.6. The quantitative estimate of drug-likeness (QED) is 0.479. The number of benzene rings is 2. The minimum atomic E-state index is -0.681. The summed E-state index contributed by atoms with van der Waals surface area (Å²) in [6.07, 6.45) is 2.21. The molecule has 8 nitrogen and oxygen atoms in total. The van der Waals surface area contributed by atoms with Crippen molar-refractivity contribution in [3.8, 4) is 0 Å². The van der Waals surface area contributed by atoms with Gasteiger partial charge in [-0.2, -0.15) is 0 Å². The second-order valence-electron chi connectivity index (χ2n) is 8.12. The van der Waals surface area contributed by atoms with Gasteiger partial charge in [-0.3, -0.25) is 29.5 Å². The molecule has 2 N–H and O–H groups in total. The van der Waals surface area contributed by atoms with Crippen LogP contribution in [0.15, 0.2) is 61.3 Å². The van der Waals surface area contributed by atoms with E-state index in [9.17, 15) is 19.2 Å². The number of anilines is 1. The van der Waals surface area contributed by atoms with Crippen LogP contribution in [0.2, 0.25) is 0 Å². The maximum Gasteiger partial charge on any atom is 0.255 e. The lowest BCUT2D eigenvalue weighted by atomic mass is 10.0. The van der Waals surface area contributed by atoms with Gasteiger partial charge in [-0.15, -0.1) is 0 Å². The van der Waals surface area contributed by atoms with Crippen LogP contribution in [-0.4, -0.2) is 39.6 Å². The lowest BCUT2D eigenvalue weighted by molar-refractivity contribution is -0.136. The summed E-state index contributed by atoms with van der Waals surface area (Å²) < 4.78 is 0. The van der Waals surface area contributed by atoms with E-state index < -0.39 is 11.9 Å². The molecule has 164 valence electrons. The molecule has 5 rings (SSSR count). The van der Waals surface area contributed by atoms with Gasteiger partial charge in [0.25, 0.3) is 11.8 Å². The zero-order valence-corrected chi connectivity index (χ0v) is 17.6. The highest BCUT2D eigenvalue weighted by Crippen LogP contribution is 2.30. The summed E-state index contributed by atoms with van der Waals surface area (Å²) >= 11 is 0. The number of pyridine rings is 1. The van der Waals surface area contributed by atoms with Crippen LogP contribution >= 0.6 is 0 Å². The van der Waals surface area contributed by atoms with Crippen molar-refractivity contribution < 1.29 is 19.2 Å². The first-order valence-electron chi connectivity index (χ1n) is 10.5. The summed E-state index contributed by atoms with van der Waals surface area (Å²) in [5, 5.41) is 6.05. The number of imide groups is 1. The van der Waals surface area contributed by atoms with Crippen LogP contribution in [0.25, 0.3) is 16.5 Å². The Kier molecular flexibility index (Phi) is 4.97. The Morgan fingerprint density at radius 2 is 1.97 bits per heavy atom. The molecule has 1 aromatic heterocycles. The zero-order chi connectivity index (χ0) is 23.1. The fourth-order valence-corrected chi connectivity index (χ4v) is 4.25. The second kappa shape index (κ2) is 7.98. The number of carbonyl (C=O) groups excluding carboxylic acids is 4. The highest BCUT2D eigenvalue weighted by Gasteiger charge is 2.39. The van der Waals surface area contributed by atoms with Crippen LogP contribution < -0.4 is 10.6 Å². The lowest BCUT2D eigenvalue weighted by Crippen LogP contribution is -2.52. The van der Waals surface area contributed by atoms with Gasteiger partial charge in [0.2, 0.25) is 11.8 Å². The van der Waals surface area contributed by atoms with Crippen molar-refractivity contribution in [1.82, 2.24) is 15.2 Å². The topological polar surface area (TPSA) is 108 Å². The number of amides is 4. The number of carbonyl (C=O) groups is 4. The van der Waals surface area contributed by atoms with E-state index in [1.54, 1.807) is 30.5 Å². The predicted octanol–water partition coefficient (Wildman–Crippen LogP) is 2.65. The fourth-order valence-electron chi connectivity index (χ4n) is 4.25. The third kappa shape index (κ3) is 3.76. The minimum Gasteiger partial charge on any atom is -0.322 e. The lowest BCUT2D eigenvalue weighted by Gasteiger charge is -2.29. The molecule has 33 heavy (non-hydrogen) atoms. The van der Waals surface area contributed by atoms with Crippen LogP contribution in [0.1, 0.15) is 34.3 Å². The monoisotopic (exact) mass is 440 g/mol. The van der Waals surface area contributed by atoms with Crippen LogP contribution in [0.5, 0.6) is 0 Å². The molecule has 2 aromatic carbocycles. The van der Waals surface area contributed by atoms with Crippen molar-refractivity contribution in [2.24, 2.45) is 0 Å². The number of aromatic nitrogens is 1. The molecule has 4 amide bonds. The number of rotatable bonds is 4. The Morgan fingerprint density at radius 3 is 2.79 bits per heavy atom. The van der Waals surface area contributed by atoms with Gasteiger partial charge in [0.15, 0.2) is 0 Å². The molecule has 1 saturated heterocycles. The maximum atomic E-state index is 12.8. The molecular weight excluding hydrogens is 420 g/mol. The van der Waals surface area contributed by atoms with Gasteiger partial charge in [-0.1, -0.05) is 18.7 Å².